The van der Waals surface area contributed by atoms with E-state index < -0.39 is 0 Å². The normalized spacial score (nSPS) is 19.6. The monoisotopic (exact) mass is 283 g/mol. The second-order valence-electron chi connectivity index (χ2n) is 4.69. The maximum absolute atomic E-state index is 11.5. The molecule has 2 heterocycles. The van der Waals surface area contributed by atoms with Crippen LogP contribution in [0.5, 0.6) is 0 Å². The Morgan fingerprint density at radius 3 is 3.16 bits per heavy atom. The Hall–Kier alpha value is -1.27. The molecule has 1 aliphatic heterocycles. The largest absolute Gasteiger partial charge is 0.465 e. The van der Waals surface area contributed by atoms with Gasteiger partial charge >= 0.3 is 5.97 Å². The van der Waals surface area contributed by atoms with Crippen molar-refractivity contribution in [3.8, 4) is 0 Å². The van der Waals surface area contributed by atoms with Gasteiger partial charge in [-0.3, -0.25) is 4.90 Å². The summed E-state index contributed by atoms with van der Waals surface area (Å²) in [6, 6.07) is 2.39. The molecule has 1 aromatic heterocycles. The average molecular weight is 283 g/mol. The summed E-state index contributed by atoms with van der Waals surface area (Å²) < 4.78 is 4.70. The molecule has 0 radical (unpaired) electrons. The van der Waals surface area contributed by atoms with Crippen LogP contribution in [0.3, 0.4) is 0 Å². The summed E-state index contributed by atoms with van der Waals surface area (Å²) in [6.45, 7) is 5.36. The highest BCUT2D eigenvalue weighted by atomic mass is 32.1. The maximum atomic E-state index is 11.5. The molecule has 1 aromatic rings. The van der Waals surface area contributed by atoms with E-state index >= 15 is 0 Å². The third kappa shape index (κ3) is 3.19. The van der Waals surface area contributed by atoms with Gasteiger partial charge in [0.05, 0.1) is 17.8 Å². The van der Waals surface area contributed by atoms with Gasteiger partial charge in [0.1, 0.15) is 4.88 Å². The van der Waals surface area contributed by atoms with E-state index in [4.69, 9.17) is 10.5 Å². The van der Waals surface area contributed by atoms with E-state index in [-0.39, 0.29) is 5.97 Å². The molecule has 0 aliphatic carbocycles. The van der Waals surface area contributed by atoms with Gasteiger partial charge in [0.2, 0.25) is 0 Å². The van der Waals surface area contributed by atoms with Crippen LogP contribution in [0.15, 0.2) is 6.07 Å². The number of anilines is 2. The van der Waals surface area contributed by atoms with Crippen LogP contribution in [-0.2, 0) is 4.74 Å². The lowest BCUT2D eigenvalue weighted by molar-refractivity contribution is 0.0607. The first kappa shape index (κ1) is 14.1. The fourth-order valence-electron chi connectivity index (χ4n) is 2.51. The molecular formula is C13H21N3O2S. The van der Waals surface area contributed by atoms with E-state index in [1.54, 1.807) is 0 Å². The smallest absolute Gasteiger partial charge is 0.350 e. The quantitative estimate of drug-likeness (QED) is 0.809. The Kier molecular flexibility index (Phi) is 4.66. The van der Waals surface area contributed by atoms with E-state index in [9.17, 15) is 4.79 Å². The average Bonchev–Trinajstić information content (AvgIpc) is 3.01. The Bertz CT molecular complexity index is 447. The third-order valence-electron chi connectivity index (χ3n) is 3.55. The van der Waals surface area contributed by atoms with Gasteiger partial charge in [-0.1, -0.05) is 6.92 Å². The number of rotatable bonds is 5. The minimum atomic E-state index is -0.369. The summed E-state index contributed by atoms with van der Waals surface area (Å²) in [6.07, 6.45) is 2.49. The van der Waals surface area contributed by atoms with Crippen molar-refractivity contribution in [3.63, 3.8) is 0 Å². The Balaban J connectivity index is 1.95. The standard InChI is InChI=1S/C13H21N3O2S/c1-3-16-6-4-5-9(16)8-15-11-7-10(14)12(19-11)13(17)18-2/h7,9,15H,3-6,8,14H2,1-2H3. The summed E-state index contributed by atoms with van der Waals surface area (Å²) in [5.41, 5.74) is 6.30. The topological polar surface area (TPSA) is 67.6 Å². The van der Waals surface area contributed by atoms with Crippen LogP contribution in [0.2, 0.25) is 0 Å². The van der Waals surface area contributed by atoms with Gasteiger partial charge in [-0.2, -0.15) is 0 Å². The van der Waals surface area contributed by atoms with Crippen molar-refractivity contribution in [2.45, 2.75) is 25.8 Å². The lowest BCUT2D eigenvalue weighted by Gasteiger charge is -2.22. The molecule has 1 fully saturated rings. The molecule has 0 amide bonds. The maximum Gasteiger partial charge on any atom is 0.350 e. The molecule has 0 aromatic carbocycles. The Morgan fingerprint density at radius 2 is 2.47 bits per heavy atom. The fourth-order valence-corrected chi connectivity index (χ4v) is 3.41. The number of nitrogens with two attached hydrogens (primary N) is 1. The number of thiophene rings is 1. The van der Waals surface area contributed by atoms with Crippen LogP contribution in [0.1, 0.15) is 29.4 Å². The Labute approximate surface area is 117 Å². The summed E-state index contributed by atoms with van der Waals surface area (Å²) >= 11 is 1.36. The number of hydrogen-bond donors (Lipinski definition) is 2. The lowest BCUT2D eigenvalue weighted by Crippen LogP contribution is -2.34. The van der Waals surface area contributed by atoms with Crippen molar-refractivity contribution in [1.29, 1.82) is 0 Å². The molecule has 106 valence electrons. The van der Waals surface area contributed by atoms with E-state index in [1.165, 1.54) is 37.8 Å². The highest BCUT2D eigenvalue weighted by Crippen LogP contribution is 2.30. The van der Waals surface area contributed by atoms with Gasteiger partial charge in [-0.05, 0) is 32.0 Å². The second kappa shape index (κ2) is 6.25. The van der Waals surface area contributed by atoms with Crippen molar-refractivity contribution in [1.82, 2.24) is 4.90 Å². The van der Waals surface area contributed by atoms with E-state index in [0.717, 1.165) is 18.1 Å². The van der Waals surface area contributed by atoms with E-state index in [2.05, 4.69) is 17.1 Å². The molecule has 19 heavy (non-hydrogen) atoms. The Morgan fingerprint density at radius 1 is 1.68 bits per heavy atom. The van der Waals surface area contributed by atoms with Gasteiger partial charge < -0.3 is 15.8 Å². The highest BCUT2D eigenvalue weighted by Gasteiger charge is 2.23. The first-order valence-electron chi connectivity index (χ1n) is 6.61. The number of likely N-dealkylation sites (N-methyl/N-ethyl adjacent to an activating group) is 1. The molecule has 1 saturated heterocycles. The minimum Gasteiger partial charge on any atom is -0.465 e. The number of carbonyl (C=O) groups excluding carboxylic acids is 1. The predicted octanol–water partition coefficient (Wildman–Crippen LogP) is 2.01. The molecule has 1 atom stereocenters. The third-order valence-corrected chi connectivity index (χ3v) is 4.64. The van der Waals surface area contributed by atoms with Crippen LogP contribution in [-0.4, -0.2) is 43.7 Å². The summed E-state index contributed by atoms with van der Waals surface area (Å²) in [7, 11) is 1.37. The van der Waals surface area contributed by atoms with Gasteiger partial charge in [-0.15, -0.1) is 11.3 Å². The van der Waals surface area contributed by atoms with Crippen molar-refractivity contribution in [2.75, 3.05) is 37.8 Å². The summed E-state index contributed by atoms with van der Waals surface area (Å²) in [5, 5.41) is 4.31. The number of carbonyl (C=O) groups is 1. The molecule has 2 rings (SSSR count). The number of methoxy groups -OCH3 is 1. The molecular weight excluding hydrogens is 262 g/mol. The molecule has 1 aliphatic rings. The predicted molar refractivity (Wildman–Crippen MR) is 78.8 cm³/mol. The molecule has 5 nitrogen and oxygen atoms in total. The van der Waals surface area contributed by atoms with Crippen LogP contribution < -0.4 is 11.1 Å². The number of hydrogen-bond acceptors (Lipinski definition) is 6. The molecule has 0 saturated carbocycles. The first-order valence-corrected chi connectivity index (χ1v) is 7.43. The zero-order chi connectivity index (χ0) is 13.8. The number of ether oxygens (including phenoxy) is 1. The van der Waals surface area contributed by atoms with Gasteiger partial charge in [-0.25, -0.2) is 4.79 Å². The van der Waals surface area contributed by atoms with Crippen LogP contribution in [0.4, 0.5) is 10.7 Å². The summed E-state index contributed by atoms with van der Waals surface area (Å²) in [4.78, 5) is 14.4. The minimum absolute atomic E-state index is 0.369. The molecule has 6 heteroatoms. The van der Waals surface area contributed by atoms with Crippen molar-refractivity contribution in [2.24, 2.45) is 0 Å². The second-order valence-corrected chi connectivity index (χ2v) is 5.74. The van der Waals surface area contributed by atoms with Crippen molar-refractivity contribution >= 4 is 28.0 Å². The molecule has 3 N–H and O–H groups in total. The van der Waals surface area contributed by atoms with Crippen LogP contribution in [0.25, 0.3) is 0 Å². The number of nitrogen functional groups attached to an aromatic ring is 1. The number of esters is 1. The van der Waals surface area contributed by atoms with Gasteiger partial charge in [0.25, 0.3) is 0 Å². The van der Waals surface area contributed by atoms with Gasteiger partial charge in [0.15, 0.2) is 0 Å². The summed E-state index contributed by atoms with van der Waals surface area (Å²) in [5.74, 6) is -0.369. The fraction of sp³-hybridized carbons (Fsp3) is 0.615. The van der Waals surface area contributed by atoms with Crippen LogP contribution in [0, 0.1) is 0 Å². The van der Waals surface area contributed by atoms with Crippen molar-refractivity contribution < 1.29 is 9.53 Å². The molecule has 0 bridgehead atoms. The zero-order valence-corrected chi connectivity index (χ0v) is 12.3. The van der Waals surface area contributed by atoms with E-state index in [0.29, 0.717) is 16.6 Å². The van der Waals surface area contributed by atoms with E-state index in [1.807, 2.05) is 6.07 Å². The highest BCUT2D eigenvalue weighted by molar-refractivity contribution is 7.18. The van der Waals surface area contributed by atoms with Crippen LogP contribution >= 0.6 is 11.3 Å². The number of nitrogens with zero attached hydrogens (tertiary/aromatic N) is 1. The zero-order valence-electron chi connectivity index (χ0n) is 11.4. The van der Waals surface area contributed by atoms with Gasteiger partial charge in [0, 0.05) is 12.6 Å². The van der Waals surface area contributed by atoms with Crippen molar-refractivity contribution in [3.05, 3.63) is 10.9 Å². The number of likely N-dealkylation sites (tertiary alicyclic amines) is 1. The SMILES string of the molecule is CCN1CCCC1CNc1cc(N)c(C(=O)OC)s1. The number of nitrogens with one attached hydrogen (secondary N) is 1. The first-order chi connectivity index (χ1) is 9.15. The lowest BCUT2D eigenvalue weighted by atomic mass is 10.2. The molecule has 1 unspecified atom stereocenters. The molecule has 0 spiro atoms.